The van der Waals surface area contributed by atoms with Crippen molar-refractivity contribution < 1.29 is 18.0 Å². The van der Waals surface area contributed by atoms with Crippen molar-refractivity contribution >= 4 is 62.3 Å². The number of benzene rings is 3. The summed E-state index contributed by atoms with van der Waals surface area (Å²) in [4.78, 5) is 28.2. The zero-order valence-corrected chi connectivity index (χ0v) is 24.9. The van der Waals surface area contributed by atoms with Gasteiger partial charge in [0.05, 0.1) is 20.6 Å². The maximum atomic E-state index is 13.9. The van der Waals surface area contributed by atoms with Crippen LogP contribution in [-0.4, -0.2) is 44.3 Å². The van der Waals surface area contributed by atoms with Crippen LogP contribution in [0.15, 0.2) is 71.6 Å². The van der Waals surface area contributed by atoms with E-state index in [1.165, 1.54) is 23.1 Å². The lowest BCUT2D eigenvalue weighted by atomic mass is 10.1. The summed E-state index contributed by atoms with van der Waals surface area (Å²) in [5, 5.41) is 3.77. The van der Waals surface area contributed by atoms with Gasteiger partial charge < -0.3 is 10.2 Å². The molecule has 0 radical (unpaired) electrons. The van der Waals surface area contributed by atoms with Crippen molar-refractivity contribution in [3.05, 3.63) is 92.9 Å². The Morgan fingerprint density at radius 3 is 2.28 bits per heavy atom. The Kier molecular flexibility index (Phi) is 10.7. The molecular formula is C28H30Cl3N3O4S. The van der Waals surface area contributed by atoms with E-state index in [9.17, 15) is 18.0 Å². The minimum absolute atomic E-state index is 0.00415. The first-order valence-corrected chi connectivity index (χ1v) is 14.9. The van der Waals surface area contributed by atoms with Crippen molar-refractivity contribution in [2.75, 3.05) is 17.4 Å². The molecule has 11 heteroatoms. The van der Waals surface area contributed by atoms with Crippen LogP contribution in [0, 0.1) is 6.92 Å². The first-order chi connectivity index (χ1) is 18.4. The Balaban J connectivity index is 2.06. The van der Waals surface area contributed by atoms with Gasteiger partial charge in [-0.2, -0.15) is 0 Å². The largest absolute Gasteiger partial charge is 0.354 e. The number of aryl methyl sites for hydroxylation is 1. The van der Waals surface area contributed by atoms with Gasteiger partial charge in [0.2, 0.25) is 11.8 Å². The number of rotatable bonds is 11. The van der Waals surface area contributed by atoms with Crippen LogP contribution in [0.2, 0.25) is 15.1 Å². The highest BCUT2D eigenvalue weighted by Crippen LogP contribution is 2.30. The Bertz CT molecular complexity index is 1440. The van der Waals surface area contributed by atoms with Crippen molar-refractivity contribution in [3.63, 3.8) is 0 Å². The van der Waals surface area contributed by atoms with Gasteiger partial charge in [0, 0.05) is 18.1 Å². The second-order valence-electron chi connectivity index (χ2n) is 8.99. The molecule has 0 aromatic heterocycles. The van der Waals surface area contributed by atoms with Crippen LogP contribution in [-0.2, 0) is 26.2 Å². The van der Waals surface area contributed by atoms with E-state index in [4.69, 9.17) is 34.8 Å². The second-order valence-corrected chi connectivity index (χ2v) is 12.1. The normalized spacial score (nSPS) is 12.1. The predicted molar refractivity (Wildman–Crippen MR) is 157 cm³/mol. The molecule has 208 valence electrons. The molecule has 0 heterocycles. The minimum atomic E-state index is -4.18. The molecule has 2 amide bonds. The maximum Gasteiger partial charge on any atom is 0.264 e. The van der Waals surface area contributed by atoms with Gasteiger partial charge in [-0.15, -0.1) is 0 Å². The van der Waals surface area contributed by atoms with Crippen LogP contribution in [0.5, 0.6) is 0 Å². The van der Waals surface area contributed by atoms with Gasteiger partial charge in [-0.1, -0.05) is 72.1 Å². The van der Waals surface area contributed by atoms with E-state index < -0.39 is 28.5 Å². The van der Waals surface area contributed by atoms with Crippen LogP contribution in [0.1, 0.15) is 31.4 Å². The maximum absolute atomic E-state index is 13.9. The van der Waals surface area contributed by atoms with Crippen LogP contribution in [0.4, 0.5) is 5.69 Å². The van der Waals surface area contributed by atoms with E-state index in [0.717, 1.165) is 10.7 Å². The minimum Gasteiger partial charge on any atom is -0.354 e. The quantitative estimate of drug-likeness (QED) is 0.285. The SMILES string of the molecule is CCCNC(=O)[C@H](C)N(Cc1ccc(Cl)c(Cl)c1)C(=O)CN(c1cc(Cl)ccc1C)S(=O)(=O)c1ccccc1. The molecule has 0 aliphatic carbocycles. The molecule has 0 bridgehead atoms. The number of carbonyl (C=O) groups excluding carboxylic acids is 2. The van der Waals surface area contributed by atoms with Crippen LogP contribution >= 0.6 is 34.8 Å². The summed E-state index contributed by atoms with van der Waals surface area (Å²) >= 11 is 18.5. The van der Waals surface area contributed by atoms with E-state index in [0.29, 0.717) is 32.7 Å². The average molecular weight is 611 g/mol. The summed E-state index contributed by atoms with van der Waals surface area (Å²) in [5.41, 5.74) is 1.50. The van der Waals surface area contributed by atoms with Gasteiger partial charge in [-0.25, -0.2) is 8.42 Å². The van der Waals surface area contributed by atoms with E-state index in [2.05, 4.69) is 5.32 Å². The number of hydrogen-bond acceptors (Lipinski definition) is 4. The summed E-state index contributed by atoms with van der Waals surface area (Å²) in [6.07, 6.45) is 0.719. The summed E-state index contributed by atoms with van der Waals surface area (Å²) in [5.74, 6) is -0.944. The molecule has 0 spiro atoms. The molecule has 3 rings (SSSR count). The molecule has 0 unspecified atom stereocenters. The number of nitrogens with zero attached hydrogens (tertiary/aromatic N) is 2. The predicted octanol–water partition coefficient (Wildman–Crippen LogP) is 6.09. The molecule has 1 atom stereocenters. The number of amides is 2. The van der Waals surface area contributed by atoms with Crippen molar-refractivity contribution in [1.29, 1.82) is 0 Å². The zero-order valence-electron chi connectivity index (χ0n) is 21.8. The van der Waals surface area contributed by atoms with Gasteiger partial charge in [0.15, 0.2) is 0 Å². The smallest absolute Gasteiger partial charge is 0.264 e. The topological polar surface area (TPSA) is 86.8 Å². The molecule has 0 saturated heterocycles. The molecule has 3 aromatic rings. The van der Waals surface area contributed by atoms with Gasteiger partial charge >= 0.3 is 0 Å². The molecule has 0 aliphatic rings. The summed E-state index contributed by atoms with van der Waals surface area (Å²) in [6, 6.07) is 16.7. The average Bonchev–Trinajstić information content (AvgIpc) is 2.92. The van der Waals surface area contributed by atoms with Gasteiger partial charge in [0.1, 0.15) is 12.6 Å². The van der Waals surface area contributed by atoms with E-state index in [-0.39, 0.29) is 23.0 Å². The Morgan fingerprint density at radius 1 is 0.949 bits per heavy atom. The fourth-order valence-electron chi connectivity index (χ4n) is 3.90. The number of hydrogen-bond donors (Lipinski definition) is 1. The Hall–Kier alpha value is -2.78. The number of carbonyl (C=O) groups is 2. The molecule has 0 aliphatic heterocycles. The fraction of sp³-hybridized carbons (Fsp3) is 0.286. The highest BCUT2D eigenvalue weighted by molar-refractivity contribution is 7.92. The molecule has 0 saturated carbocycles. The third-order valence-corrected chi connectivity index (χ3v) is 8.85. The lowest BCUT2D eigenvalue weighted by Gasteiger charge is -2.32. The Labute approximate surface area is 244 Å². The van der Waals surface area contributed by atoms with Crippen LogP contribution in [0.3, 0.4) is 0 Å². The lowest BCUT2D eigenvalue weighted by Crippen LogP contribution is -2.51. The molecule has 39 heavy (non-hydrogen) atoms. The molecule has 3 aromatic carbocycles. The van der Waals surface area contributed by atoms with Gasteiger partial charge in [-0.05, 0) is 67.8 Å². The summed E-state index contributed by atoms with van der Waals surface area (Å²) < 4.78 is 28.7. The summed E-state index contributed by atoms with van der Waals surface area (Å²) in [7, 11) is -4.18. The zero-order chi connectivity index (χ0) is 28.7. The van der Waals surface area contributed by atoms with Crippen molar-refractivity contribution in [1.82, 2.24) is 10.2 Å². The van der Waals surface area contributed by atoms with Crippen LogP contribution in [0.25, 0.3) is 0 Å². The monoisotopic (exact) mass is 609 g/mol. The van der Waals surface area contributed by atoms with Crippen molar-refractivity contribution in [2.45, 2.75) is 44.7 Å². The summed E-state index contributed by atoms with van der Waals surface area (Å²) in [6.45, 7) is 5.13. The van der Waals surface area contributed by atoms with Crippen LogP contribution < -0.4 is 9.62 Å². The number of halogens is 3. The van der Waals surface area contributed by atoms with E-state index in [1.807, 2.05) is 6.92 Å². The Morgan fingerprint density at radius 2 is 1.64 bits per heavy atom. The lowest BCUT2D eigenvalue weighted by molar-refractivity contribution is -0.139. The van der Waals surface area contributed by atoms with Crippen molar-refractivity contribution in [2.24, 2.45) is 0 Å². The van der Waals surface area contributed by atoms with E-state index in [1.54, 1.807) is 62.4 Å². The highest BCUT2D eigenvalue weighted by Gasteiger charge is 2.33. The highest BCUT2D eigenvalue weighted by atomic mass is 35.5. The molecule has 1 N–H and O–H groups in total. The standard InChI is InChI=1S/C28H30Cl3N3O4S/c1-4-14-32-28(36)20(3)33(17-21-11-13-24(30)25(31)15-21)27(35)18-34(26-16-22(29)12-10-19(26)2)39(37,38)23-8-6-5-7-9-23/h5-13,15-16,20H,4,14,17-18H2,1-3H3,(H,32,36)/t20-/m0/s1. The number of nitrogens with one attached hydrogen (secondary N) is 1. The first kappa shape index (κ1) is 30.8. The number of sulfonamides is 1. The number of anilines is 1. The van der Waals surface area contributed by atoms with Crippen molar-refractivity contribution in [3.8, 4) is 0 Å². The second kappa shape index (κ2) is 13.5. The molecule has 0 fully saturated rings. The van der Waals surface area contributed by atoms with Gasteiger partial charge in [-0.3, -0.25) is 13.9 Å². The first-order valence-electron chi connectivity index (χ1n) is 12.3. The third-order valence-electron chi connectivity index (χ3n) is 6.10. The third kappa shape index (κ3) is 7.66. The van der Waals surface area contributed by atoms with E-state index >= 15 is 0 Å². The molecule has 7 nitrogen and oxygen atoms in total. The van der Waals surface area contributed by atoms with Gasteiger partial charge in [0.25, 0.3) is 10.0 Å². The fourth-order valence-corrected chi connectivity index (χ4v) is 5.88. The molecular weight excluding hydrogens is 581 g/mol.